The predicted molar refractivity (Wildman–Crippen MR) is 75.4 cm³/mol. The van der Waals surface area contributed by atoms with E-state index in [1.165, 1.54) is 18.4 Å². The molecule has 1 aliphatic carbocycles. The van der Waals surface area contributed by atoms with Gasteiger partial charge in [-0.05, 0) is 45.4 Å². The van der Waals surface area contributed by atoms with Gasteiger partial charge in [0.05, 0.1) is 11.7 Å². The summed E-state index contributed by atoms with van der Waals surface area (Å²) in [6, 6.07) is 0.679. The molecule has 1 aromatic rings. The highest BCUT2D eigenvalue weighted by molar-refractivity contribution is 5.05. The van der Waals surface area contributed by atoms with Gasteiger partial charge in [-0.3, -0.25) is 4.68 Å². The fraction of sp³-hybridized carbons (Fsp3) is 0.800. The third kappa shape index (κ3) is 2.94. The van der Waals surface area contributed by atoms with E-state index in [-0.39, 0.29) is 5.54 Å². The van der Waals surface area contributed by atoms with Gasteiger partial charge in [0.1, 0.15) is 0 Å². The largest absolute Gasteiger partial charge is 0.310 e. The Morgan fingerprint density at radius 1 is 1.33 bits per heavy atom. The van der Waals surface area contributed by atoms with Gasteiger partial charge in [-0.2, -0.15) is 5.10 Å². The molecule has 1 aliphatic rings. The molecule has 0 spiro atoms. The van der Waals surface area contributed by atoms with Gasteiger partial charge in [0.15, 0.2) is 0 Å². The molecule has 0 aromatic carbocycles. The van der Waals surface area contributed by atoms with E-state index >= 15 is 0 Å². The Morgan fingerprint density at radius 3 is 2.56 bits per heavy atom. The maximum absolute atomic E-state index is 4.44. The zero-order chi connectivity index (χ0) is 13.3. The zero-order valence-electron chi connectivity index (χ0n) is 12.4. The summed E-state index contributed by atoms with van der Waals surface area (Å²) in [6.07, 6.45) is 6.83. The molecule has 2 rings (SSSR count). The first kappa shape index (κ1) is 13.6. The van der Waals surface area contributed by atoms with Crippen LogP contribution < -0.4 is 5.32 Å². The number of hydrogen-bond acceptors (Lipinski definition) is 2. The van der Waals surface area contributed by atoms with E-state index in [1.54, 1.807) is 0 Å². The van der Waals surface area contributed by atoms with Crippen LogP contribution in [-0.4, -0.2) is 15.8 Å². The lowest BCUT2D eigenvalue weighted by Gasteiger charge is -2.20. The molecule has 102 valence electrons. The van der Waals surface area contributed by atoms with Gasteiger partial charge in [0, 0.05) is 24.3 Å². The average molecular weight is 249 g/mol. The summed E-state index contributed by atoms with van der Waals surface area (Å²) in [5.74, 6) is 1.66. The van der Waals surface area contributed by atoms with Crippen molar-refractivity contribution in [3.63, 3.8) is 0 Å². The summed E-state index contributed by atoms with van der Waals surface area (Å²) in [6.45, 7) is 12.2. The van der Waals surface area contributed by atoms with Crippen LogP contribution in [0.3, 0.4) is 0 Å². The van der Waals surface area contributed by atoms with Crippen molar-refractivity contribution in [2.24, 2.45) is 11.8 Å². The van der Waals surface area contributed by atoms with E-state index in [4.69, 9.17) is 0 Å². The highest BCUT2D eigenvalue weighted by Crippen LogP contribution is 2.31. The number of nitrogens with one attached hydrogen (secondary N) is 1. The SMILES string of the molecule is CC1CCC(NCc2cnn(C(C)(C)C)c2)C1C. The van der Waals surface area contributed by atoms with E-state index in [2.05, 4.69) is 51.2 Å². The van der Waals surface area contributed by atoms with Crippen molar-refractivity contribution in [2.75, 3.05) is 0 Å². The second-order valence-corrected chi connectivity index (χ2v) is 6.87. The molecule has 1 heterocycles. The Hall–Kier alpha value is -0.830. The summed E-state index contributed by atoms with van der Waals surface area (Å²) < 4.78 is 2.05. The maximum Gasteiger partial charge on any atom is 0.0543 e. The minimum atomic E-state index is 0.0768. The molecule has 3 atom stereocenters. The first-order valence-corrected chi connectivity index (χ1v) is 7.15. The molecule has 18 heavy (non-hydrogen) atoms. The third-order valence-electron chi connectivity index (χ3n) is 4.36. The molecule has 3 nitrogen and oxygen atoms in total. The third-order valence-corrected chi connectivity index (χ3v) is 4.36. The fourth-order valence-corrected chi connectivity index (χ4v) is 2.72. The lowest BCUT2D eigenvalue weighted by Crippen LogP contribution is -2.31. The molecule has 1 N–H and O–H groups in total. The summed E-state index contributed by atoms with van der Waals surface area (Å²) in [5, 5.41) is 8.13. The number of hydrogen-bond donors (Lipinski definition) is 1. The highest BCUT2D eigenvalue weighted by Gasteiger charge is 2.29. The van der Waals surface area contributed by atoms with Gasteiger partial charge in [-0.1, -0.05) is 13.8 Å². The highest BCUT2D eigenvalue weighted by atomic mass is 15.3. The Bertz CT molecular complexity index is 389. The first-order chi connectivity index (χ1) is 8.38. The van der Waals surface area contributed by atoms with Crippen molar-refractivity contribution in [3.05, 3.63) is 18.0 Å². The Kier molecular flexibility index (Phi) is 3.81. The van der Waals surface area contributed by atoms with Gasteiger partial charge in [0.25, 0.3) is 0 Å². The number of rotatable bonds is 3. The van der Waals surface area contributed by atoms with Crippen LogP contribution in [0.4, 0.5) is 0 Å². The van der Waals surface area contributed by atoms with Crippen LogP contribution in [0.5, 0.6) is 0 Å². The smallest absolute Gasteiger partial charge is 0.0543 e. The van der Waals surface area contributed by atoms with Gasteiger partial charge in [-0.25, -0.2) is 0 Å². The molecule has 0 radical (unpaired) electrons. The molecule has 3 heteroatoms. The standard InChI is InChI=1S/C15H27N3/c1-11-6-7-14(12(11)2)16-8-13-9-17-18(10-13)15(3,4)5/h9-12,14,16H,6-8H2,1-5H3. The predicted octanol–water partition coefficient (Wildman–Crippen LogP) is 3.16. The van der Waals surface area contributed by atoms with Crippen LogP contribution in [0.15, 0.2) is 12.4 Å². The molecule has 1 fully saturated rings. The fourth-order valence-electron chi connectivity index (χ4n) is 2.72. The van der Waals surface area contributed by atoms with E-state index in [0.29, 0.717) is 6.04 Å². The van der Waals surface area contributed by atoms with Crippen LogP contribution >= 0.6 is 0 Å². The van der Waals surface area contributed by atoms with Crippen molar-refractivity contribution in [2.45, 2.75) is 65.6 Å². The maximum atomic E-state index is 4.44. The Labute approximate surface area is 111 Å². The molecular formula is C15H27N3. The molecule has 0 saturated heterocycles. The van der Waals surface area contributed by atoms with Crippen LogP contribution in [0.1, 0.15) is 53.0 Å². The normalized spacial score (nSPS) is 28.8. The van der Waals surface area contributed by atoms with Gasteiger partial charge in [0.2, 0.25) is 0 Å². The lowest BCUT2D eigenvalue weighted by molar-refractivity contribution is 0.354. The van der Waals surface area contributed by atoms with E-state index in [9.17, 15) is 0 Å². The summed E-state index contributed by atoms with van der Waals surface area (Å²) in [4.78, 5) is 0. The second kappa shape index (κ2) is 5.04. The minimum absolute atomic E-state index is 0.0768. The quantitative estimate of drug-likeness (QED) is 0.891. The van der Waals surface area contributed by atoms with Crippen LogP contribution in [0, 0.1) is 11.8 Å². The van der Waals surface area contributed by atoms with Gasteiger partial charge in [-0.15, -0.1) is 0 Å². The van der Waals surface area contributed by atoms with Crippen molar-refractivity contribution in [1.82, 2.24) is 15.1 Å². The summed E-state index contributed by atoms with van der Waals surface area (Å²) >= 11 is 0. The van der Waals surface area contributed by atoms with Crippen molar-refractivity contribution >= 4 is 0 Å². The second-order valence-electron chi connectivity index (χ2n) is 6.87. The summed E-state index contributed by atoms with van der Waals surface area (Å²) in [7, 11) is 0. The molecule has 0 aliphatic heterocycles. The topological polar surface area (TPSA) is 29.9 Å². The molecular weight excluding hydrogens is 222 g/mol. The molecule has 0 bridgehead atoms. The van der Waals surface area contributed by atoms with E-state index < -0.39 is 0 Å². The number of nitrogens with zero attached hydrogens (tertiary/aromatic N) is 2. The number of aromatic nitrogens is 2. The van der Waals surface area contributed by atoms with Gasteiger partial charge < -0.3 is 5.32 Å². The molecule has 3 unspecified atom stereocenters. The van der Waals surface area contributed by atoms with E-state index in [1.807, 2.05) is 10.9 Å². The first-order valence-electron chi connectivity index (χ1n) is 7.15. The van der Waals surface area contributed by atoms with Crippen LogP contribution in [-0.2, 0) is 12.1 Å². The lowest BCUT2D eigenvalue weighted by atomic mass is 9.98. The molecule has 1 saturated carbocycles. The van der Waals surface area contributed by atoms with E-state index in [0.717, 1.165) is 18.4 Å². The van der Waals surface area contributed by atoms with Crippen LogP contribution in [0.25, 0.3) is 0 Å². The summed E-state index contributed by atoms with van der Waals surface area (Å²) in [5.41, 5.74) is 1.37. The molecule has 1 aromatic heterocycles. The molecule has 0 amide bonds. The monoisotopic (exact) mass is 249 g/mol. The Balaban J connectivity index is 1.89. The minimum Gasteiger partial charge on any atom is -0.310 e. The Morgan fingerprint density at radius 2 is 2.06 bits per heavy atom. The zero-order valence-corrected chi connectivity index (χ0v) is 12.4. The van der Waals surface area contributed by atoms with Crippen molar-refractivity contribution in [1.29, 1.82) is 0 Å². The van der Waals surface area contributed by atoms with Crippen molar-refractivity contribution in [3.8, 4) is 0 Å². The van der Waals surface area contributed by atoms with Crippen LogP contribution in [0.2, 0.25) is 0 Å². The van der Waals surface area contributed by atoms with Crippen molar-refractivity contribution < 1.29 is 0 Å². The average Bonchev–Trinajstić information content (AvgIpc) is 2.86. The van der Waals surface area contributed by atoms with Gasteiger partial charge >= 0.3 is 0 Å².